The first kappa shape index (κ1) is 10.6. The molecule has 0 aliphatic heterocycles. The third kappa shape index (κ3) is 2.57. The van der Waals surface area contributed by atoms with Gasteiger partial charge in [0.15, 0.2) is 0 Å². The molecule has 0 unspecified atom stereocenters. The number of benzene rings is 1. The number of aryl methyl sites for hydroxylation is 1. The molecule has 0 aliphatic rings. The maximum Gasteiger partial charge on any atom is 0.105 e. The summed E-state index contributed by atoms with van der Waals surface area (Å²) < 4.78 is 5.26. The van der Waals surface area contributed by atoms with Gasteiger partial charge in [-0.05, 0) is 42.8 Å². The predicted octanol–water partition coefficient (Wildman–Crippen LogP) is 2.82. The van der Waals surface area contributed by atoms with Crippen molar-refractivity contribution in [1.82, 2.24) is 0 Å². The quantitative estimate of drug-likeness (QED) is 0.773. The second kappa shape index (κ2) is 4.75. The Kier molecular flexibility index (Phi) is 3.15. The van der Waals surface area contributed by atoms with Crippen LogP contribution in [0.4, 0.5) is 11.4 Å². The highest BCUT2D eigenvalue weighted by molar-refractivity contribution is 5.57. The highest BCUT2D eigenvalue weighted by atomic mass is 16.3. The molecule has 0 radical (unpaired) electrons. The third-order valence-electron chi connectivity index (χ3n) is 2.52. The lowest BCUT2D eigenvalue weighted by Gasteiger charge is -2.09. The molecule has 16 heavy (non-hydrogen) atoms. The van der Waals surface area contributed by atoms with Gasteiger partial charge in [0, 0.05) is 24.3 Å². The molecule has 0 spiro atoms. The first-order chi connectivity index (χ1) is 7.75. The molecule has 2 aromatic rings. The van der Waals surface area contributed by atoms with E-state index in [0.29, 0.717) is 0 Å². The van der Waals surface area contributed by atoms with E-state index in [4.69, 9.17) is 10.2 Å². The van der Waals surface area contributed by atoms with E-state index in [1.165, 1.54) is 5.56 Å². The molecule has 0 aliphatic carbocycles. The summed E-state index contributed by atoms with van der Waals surface area (Å²) in [6, 6.07) is 9.77. The Morgan fingerprint density at radius 3 is 2.88 bits per heavy atom. The van der Waals surface area contributed by atoms with Crippen molar-refractivity contribution in [2.45, 2.75) is 13.3 Å². The Balaban J connectivity index is 1.90. The number of furan rings is 1. The Bertz CT molecular complexity index is 449. The molecular weight excluding hydrogens is 200 g/mol. The average molecular weight is 216 g/mol. The Hall–Kier alpha value is -1.90. The fourth-order valence-corrected chi connectivity index (χ4v) is 1.66. The van der Waals surface area contributed by atoms with Crippen molar-refractivity contribution in [2.75, 3.05) is 17.6 Å². The molecule has 0 fully saturated rings. The van der Waals surface area contributed by atoms with Gasteiger partial charge in [0.1, 0.15) is 5.76 Å². The van der Waals surface area contributed by atoms with Gasteiger partial charge in [0.2, 0.25) is 0 Å². The predicted molar refractivity (Wildman–Crippen MR) is 66.5 cm³/mol. The van der Waals surface area contributed by atoms with Crippen molar-refractivity contribution in [1.29, 1.82) is 0 Å². The summed E-state index contributed by atoms with van der Waals surface area (Å²) in [7, 11) is 0. The molecule has 2 rings (SSSR count). The summed E-state index contributed by atoms with van der Waals surface area (Å²) >= 11 is 0. The summed E-state index contributed by atoms with van der Waals surface area (Å²) in [5.74, 6) is 1.00. The fraction of sp³-hybridized carbons (Fsp3) is 0.231. The third-order valence-corrected chi connectivity index (χ3v) is 2.52. The van der Waals surface area contributed by atoms with E-state index in [1.807, 2.05) is 37.3 Å². The monoisotopic (exact) mass is 216 g/mol. The number of hydrogen-bond donors (Lipinski definition) is 2. The number of nitrogen functional groups attached to an aromatic ring is 1. The Morgan fingerprint density at radius 1 is 1.31 bits per heavy atom. The Morgan fingerprint density at radius 2 is 2.19 bits per heavy atom. The van der Waals surface area contributed by atoms with Crippen molar-refractivity contribution in [2.24, 2.45) is 0 Å². The van der Waals surface area contributed by atoms with E-state index < -0.39 is 0 Å². The van der Waals surface area contributed by atoms with Gasteiger partial charge in [-0.1, -0.05) is 0 Å². The van der Waals surface area contributed by atoms with Crippen LogP contribution in [-0.2, 0) is 6.42 Å². The zero-order valence-electron chi connectivity index (χ0n) is 9.36. The van der Waals surface area contributed by atoms with Crippen LogP contribution in [0.3, 0.4) is 0 Å². The van der Waals surface area contributed by atoms with Gasteiger partial charge in [0.05, 0.1) is 6.26 Å². The minimum Gasteiger partial charge on any atom is -0.469 e. The van der Waals surface area contributed by atoms with Crippen molar-refractivity contribution in [3.05, 3.63) is 47.9 Å². The summed E-state index contributed by atoms with van der Waals surface area (Å²) in [5, 5.41) is 3.36. The van der Waals surface area contributed by atoms with Crippen LogP contribution in [0.5, 0.6) is 0 Å². The first-order valence-electron chi connectivity index (χ1n) is 5.38. The van der Waals surface area contributed by atoms with Crippen LogP contribution < -0.4 is 11.1 Å². The minimum absolute atomic E-state index is 0.800. The van der Waals surface area contributed by atoms with Crippen molar-refractivity contribution >= 4 is 11.4 Å². The molecule has 0 amide bonds. The second-order valence-electron chi connectivity index (χ2n) is 3.83. The molecule has 3 N–H and O–H groups in total. The topological polar surface area (TPSA) is 51.2 Å². The fourth-order valence-electron chi connectivity index (χ4n) is 1.66. The van der Waals surface area contributed by atoms with Crippen LogP contribution >= 0.6 is 0 Å². The summed E-state index contributed by atoms with van der Waals surface area (Å²) in [4.78, 5) is 0. The van der Waals surface area contributed by atoms with E-state index in [-0.39, 0.29) is 0 Å². The van der Waals surface area contributed by atoms with Crippen molar-refractivity contribution in [3.63, 3.8) is 0 Å². The largest absolute Gasteiger partial charge is 0.469 e. The van der Waals surface area contributed by atoms with Gasteiger partial charge in [-0.15, -0.1) is 0 Å². The smallest absolute Gasteiger partial charge is 0.105 e. The highest BCUT2D eigenvalue weighted by Gasteiger charge is 1.99. The lowest BCUT2D eigenvalue weighted by molar-refractivity contribution is 0.513. The number of anilines is 2. The molecule has 1 heterocycles. The molecule has 1 aromatic heterocycles. The molecule has 0 bridgehead atoms. The number of hydrogen-bond acceptors (Lipinski definition) is 3. The molecule has 1 aromatic carbocycles. The van der Waals surface area contributed by atoms with E-state index in [1.54, 1.807) is 6.26 Å². The standard InChI is InChI=1S/C13H16N2O/c1-10-9-11(14)4-5-13(10)15-7-6-12-3-2-8-16-12/h2-5,8-9,15H,6-7,14H2,1H3. The summed E-state index contributed by atoms with van der Waals surface area (Å²) in [6.07, 6.45) is 2.58. The zero-order valence-corrected chi connectivity index (χ0v) is 9.36. The van der Waals surface area contributed by atoms with Crippen LogP contribution in [0.1, 0.15) is 11.3 Å². The lowest BCUT2D eigenvalue weighted by Crippen LogP contribution is -2.05. The molecule has 0 atom stereocenters. The second-order valence-corrected chi connectivity index (χ2v) is 3.83. The maximum absolute atomic E-state index is 5.69. The van der Waals surface area contributed by atoms with Gasteiger partial charge in [-0.3, -0.25) is 0 Å². The first-order valence-corrected chi connectivity index (χ1v) is 5.38. The van der Waals surface area contributed by atoms with Crippen molar-refractivity contribution in [3.8, 4) is 0 Å². The number of nitrogens with one attached hydrogen (secondary N) is 1. The van der Waals surface area contributed by atoms with Gasteiger partial charge >= 0.3 is 0 Å². The molecule has 0 saturated carbocycles. The summed E-state index contributed by atoms with van der Waals surface area (Å²) in [5.41, 5.74) is 8.78. The van der Waals surface area contributed by atoms with Gasteiger partial charge < -0.3 is 15.5 Å². The van der Waals surface area contributed by atoms with Gasteiger partial charge in [-0.25, -0.2) is 0 Å². The minimum atomic E-state index is 0.800. The maximum atomic E-state index is 5.69. The van der Waals surface area contributed by atoms with E-state index in [2.05, 4.69) is 5.32 Å². The molecular formula is C13H16N2O. The lowest BCUT2D eigenvalue weighted by atomic mass is 10.2. The van der Waals surface area contributed by atoms with E-state index >= 15 is 0 Å². The zero-order chi connectivity index (χ0) is 11.4. The molecule has 84 valence electrons. The van der Waals surface area contributed by atoms with Gasteiger partial charge in [0.25, 0.3) is 0 Å². The van der Waals surface area contributed by atoms with Crippen LogP contribution in [0.25, 0.3) is 0 Å². The average Bonchev–Trinajstić information content (AvgIpc) is 2.74. The molecule has 3 nitrogen and oxygen atoms in total. The molecule has 0 saturated heterocycles. The van der Waals surface area contributed by atoms with Crippen LogP contribution in [0, 0.1) is 6.92 Å². The SMILES string of the molecule is Cc1cc(N)ccc1NCCc1ccco1. The van der Waals surface area contributed by atoms with E-state index in [0.717, 1.165) is 30.1 Å². The van der Waals surface area contributed by atoms with E-state index in [9.17, 15) is 0 Å². The Labute approximate surface area is 95.3 Å². The molecule has 3 heteroatoms. The van der Waals surface area contributed by atoms with Crippen LogP contribution in [0.2, 0.25) is 0 Å². The van der Waals surface area contributed by atoms with Crippen molar-refractivity contribution < 1.29 is 4.42 Å². The van der Waals surface area contributed by atoms with Gasteiger partial charge in [-0.2, -0.15) is 0 Å². The normalized spacial score (nSPS) is 10.3. The number of rotatable bonds is 4. The number of nitrogens with two attached hydrogens (primary N) is 1. The van der Waals surface area contributed by atoms with Crippen LogP contribution in [-0.4, -0.2) is 6.54 Å². The highest BCUT2D eigenvalue weighted by Crippen LogP contribution is 2.17. The summed E-state index contributed by atoms with van der Waals surface area (Å²) in [6.45, 7) is 2.91. The van der Waals surface area contributed by atoms with Crippen LogP contribution in [0.15, 0.2) is 41.0 Å².